The highest BCUT2D eigenvalue weighted by Crippen LogP contribution is 2.40. The molecule has 9 atom stereocenters. The average Bonchev–Trinajstić information content (AvgIpc) is 2.88. The van der Waals surface area contributed by atoms with Crippen molar-refractivity contribution in [1.82, 2.24) is 10.3 Å². The van der Waals surface area contributed by atoms with Crippen LogP contribution < -0.4 is 5.32 Å². The normalized spacial score (nSPS) is 37.0. The van der Waals surface area contributed by atoms with E-state index in [0.29, 0.717) is 37.0 Å². The van der Waals surface area contributed by atoms with Gasteiger partial charge in [0.15, 0.2) is 0 Å². The van der Waals surface area contributed by atoms with Crippen molar-refractivity contribution < 1.29 is 19.7 Å². The zero-order valence-corrected chi connectivity index (χ0v) is 25.3. The molecular formula is C34H52N2O4. The molecule has 3 N–H and O–H groups in total. The van der Waals surface area contributed by atoms with Crippen molar-refractivity contribution >= 4 is 5.91 Å². The van der Waals surface area contributed by atoms with Gasteiger partial charge in [-0.25, -0.2) is 0 Å². The molecule has 1 aromatic rings. The number of aliphatic hydroxyl groups is 2. The maximum absolute atomic E-state index is 13.1. The number of ether oxygens (including phenoxy) is 1. The number of nitrogens with one attached hydrogen (secondary N) is 1. The number of carbonyl (C=O) groups excluding carboxylic acids is 1. The number of nitrogens with zero attached hydrogens (tertiary/aromatic N) is 1. The molecule has 6 heteroatoms. The minimum atomic E-state index is -0.522. The first-order valence-electron chi connectivity index (χ1n) is 15.3. The minimum Gasteiger partial charge on any atom is -0.495 e. The molecule has 6 nitrogen and oxygen atoms in total. The lowest BCUT2D eigenvalue weighted by atomic mass is 9.69. The monoisotopic (exact) mass is 552 g/mol. The number of pyridine rings is 1. The Kier molecular flexibility index (Phi) is 12.5. The quantitative estimate of drug-likeness (QED) is 0.405. The molecule has 1 aromatic heterocycles. The van der Waals surface area contributed by atoms with Crippen LogP contribution in [-0.2, 0) is 16.1 Å². The highest BCUT2D eigenvalue weighted by molar-refractivity contribution is 5.79. The van der Waals surface area contributed by atoms with Crippen LogP contribution in [0, 0.1) is 35.5 Å². The van der Waals surface area contributed by atoms with E-state index >= 15 is 0 Å². The van der Waals surface area contributed by atoms with Gasteiger partial charge in [-0.05, 0) is 79.9 Å². The minimum absolute atomic E-state index is 0.0440. The van der Waals surface area contributed by atoms with E-state index in [1.165, 1.54) is 0 Å². The Morgan fingerprint density at radius 2 is 1.82 bits per heavy atom. The first-order chi connectivity index (χ1) is 19.0. The molecule has 0 spiro atoms. The molecule has 2 heterocycles. The summed E-state index contributed by atoms with van der Waals surface area (Å²) in [6.07, 6.45) is 14.1. The molecule has 0 unspecified atom stereocenters. The maximum Gasteiger partial charge on any atom is 0.223 e. The first-order valence-corrected chi connectivity index (χ1v) is 15.3. The third-order valence-electron chi connectivity index (χ3n) is 8.97. The molecule has 0 saturated heterocycles. The standard InChI is InChI=1S/C34H52N2O4/c1-22-16-23(2)18-26(5)33(38)24(3)10-7-8-12-32(40-27(6)19-31(37)25(4)17-22)29-13-14-30(29)34(39)36-21-28-11-9-15-35-20-28/h7-11,15,20,22-23,25-26,29-33,37-38H,6,12-14,16-19,21H2,1-5H3,(H,36,39)/b8-7+,24-10-/t22-,23+,25-,26-,29+,30+,31-,32-,33-/m0/s1. The molecular weight excluding hydrogens is 500 g/mol. The fraction of sp³-hybridized carbons (Fsp3) is 0.647. The van der Waals surface area contributed by atoms with E-state index in [1.807, 2.05) is 31.2 Å². The molecule has 2 aliphatic rings. The second-order valence-electron chi connectivity index (χ2n) is 12.8. The molecule has 0 aromatic carbocycles. The van der Waals surface area contributed by atoms with Gasteiger partial charge in [0.05, 0.1) is 18.0 Å². The van der Waals surface area contributed by atoms with Gasteiger partial charge in [-0.1, -0.05) is 58.6 Å². The maximum atomic E-state index is 13.1. The lowest BCUT2D eigenvalue weighted by molar-refractivity contribution is -0.134. The molecule has 1 fully saturated rings. The number of hydrogen-bond acceptors (Lipinski definition) is 5. The number of aromatic nitrogens is 1. The molecule has 40 heavy (non-hydrogen) atoms. The van der Waals surface area contributed by atoms with Crippen LogP contribution in [0.25, 0.3) is 0 Å². The van der Waals surface area contributed by atoms with E-state index in [9.17, 15) is 15.0 Å². The van der Waals surface area contributed by atoms with Crippen LogP contribution in [0.4, 0.5) is 0 Å². The average molecular weight is 553 g/mol. The molecule has 222 valence electrons. The molecule has 0 bridgehead atoms. The lowest BCUT2D eigenvalue weighted by Crippen LogP contribution is -2.46. The van der Waals surface area contributed by atoms with Crippen molar-refractivity contribution in [2.24, 2.45) is 35.5 Å². The van der Waals surface area contributed by atoms with E-state index in [4.69, 9.17) is 4.74 Å². The predicted octanol–water partition coefficient (Wildman–Crippen LogP) is 6.36. The fourth-order valence-corrected chi connectivity index (χ4v) is 6.54. The van der Waals surface area contributed by atoms with Crippen molar-refractivity contribution in [2.75, 3.05) is 0 Å². The van der Waals surface area contributed by atoms with Crippen molar-refractivity contribution in [2.45, 2.75) is 104 Å². The second kappa shape index (κ2) is 15.5. The highest BCUT2D eigenvalue weighted by Gasteiger charge is 2.42. The number of rotatable bonds is 4. The predicted molar refractivity (Wildman–Crippen MR) is 161 cm³/mol. The molecule has 1 saturated carbocycles. The molecule has 1 aliphatic carbocycles. The summed E-state index contributed by atoms with van der Waals surface area (Å²) in [7, 11) is 0. The van der Waals surface area contributed by atoms with Crippen molar-refractivity contribution in [3.8, 4) is 0 Å². The van der Waals surface area contributed by atoms with Crippen LogP contribution in [-0.4, -0.2) is 39.4 Å². The van der Waals surface area contributed by atoms with Crippen molar-refractivity contribution in [1.29, 1.82) is 0 Å². The van der Waals surface area contributed by atoms with Crippen LogP contribution in [0.1, 0.15) is 85.1 Å². The van der Waals surface area contributed by atoms with E-state index in [1.54, 1.807) is 12.4 Å². The van der Waals surface area contributed by atoms with Gasteiger partial charge >= 0.3 is 0 Å². The smallest absolute Gasteiger partial charge is 0.223 e. The van der Waals surface area contributed by atoms with E-state index in [-0.39, 0.29) is 35.7 Å². The van der Waals surface area contributed by atoms with E-state index in [0.717, 1.165) is 43.2 Å². The van der Waals surface area contributed by atoms with E-state index in [2.05, 4.69) is 50.7 Å². The van der Waals surface area contributed by atoms with Crippen LogP contribution in [0.5, 0.6) is 0 Å². The van der Waals surface area contributed by atoms with Crippen molar-refractivity contribution in [3.05, 3.63) is 66.2 Å². The summed E-state index contributed by atoms with van der Waals surface area (Å²) in [4.78, 5) is 17.2. The second-order valence-corrected chi connectivity index (χ2v) is 12.8. The van der Waals surface area contributed by atoms with Crippen molar-refractivity contribution in [3.63, 3.8) is 0 Å². The number of amides is 1. The number of carbonyl (C=O) groups is 1. The zero-order chi connectivity index (χ0) is 29.2. The summed E-state index contributed by atoms with van der Waals surface area (Å²) in [5, 5.41) is 25.0. The van der Waals surface area contributed by atoms with Gasteiger partial charge in [0.1, 0.15) is 6.10 Å². The lowest BCUT2D eigenvalue weighted by Gasteiger charge is -2.41. The Hall–Kier alpha value is -2.44. The Balaban J connectivity index is 1.73. The largest absolute Gasteiger partial charge is 0.495 e. The van der Waals surface area contributed by atoms with Crippen LogP contribution in [0.3, 0.4) is 0 Å². The summed E-state index contributed by atoms with van der Waals surface area (Å²) in [6.45, 7) is 15.4. The number of allylic oxidation sites excluding steroid dienone is 2. The highest BCUT2D eigenvalue weighted by atomic mass is 16.5. The van der Waals surface area contributed by atoms with Gasteiger partial charge in [-0.2, -0.15) is 0 Å². The molecule has 3 rings (SSSR count). The SMILES string of the molecule is C=C1C[C@H](O)[C@@H](C)C[C@@H](C)C[C@@H](C)C[C@H](C)[C@@H](O)/C(C)=C\C=C\C[C@@H]([C@@H]2CC[C@H]2C(=O)NCc2cccnc2)O1. The van der Waals surface area contributed by atoms with Gasteiger partial charge in [0.25, 0.3) is 0 Å². The fourth-order valence-electron chi connectivity index (χ4n) is 6.54. The zero-order valence-electron chi connectivity index (χ0n) is 25.3. The molecule has 1 amide bonds. The van der Waals surface area contributed by atoms with Crippen LogP contribution >= 0.6 is 0 Å². The van der Waals surface area contributed by atoms with Gasteiger partial charge in [-0.15, -0.1) is 0 Å². The topological polar surface area (TPSA) is 91.7 Å². The van der Waals surface area contributed by atoms with Gasteiger partial charge in [0.2, 0.25) is 5.91 Å². The van der Waals surface area contributed by atoms with Gasteiger partial charge in [0, 0.05) is 43.6 Å². The molecule has 0 radical (unpaired) electrons. The third-order valence-corrected chi connectivity index (χ3v) is 8.97. The Morgan fingerprint density at radius 1 is 1.10 bits per heavy atom. The number of hydrogen-bond donors (Lipinski definition) is 3. The third kappa shape index (κ3) is 9.59. The first kappa shape index (κ1) is 32.1. The summed E-state index contributed by atoms with van der Waals surface area (Å²) >= 11 is 0. The Labute approximate surface area is 242 Å². The Morgan fingerprint density at radius 3 is 2.48 bits per heavy atom. The summed E-state index contributed by atoms with van der Waals surface area (Å²) < 4.78 is 6.40. The summed E-state index contributed by atoms with van der Waals surface area (Å²) in [6, 6.07) is 3.82. The Bertz CT molecular complexity index is 1010. The summed E-state index contributed by atoms with van der Waals surface area (Å²) in [5.41, 5.74) is 1.93. The van der Waals surface area contributed by atoms with Gasteiger partial charge < -0.3 is 20.3 Å². The van der Waals surface area contributed by atoms with Crippen LogP contribution in [0.2, 0.25) is 0 Å². The summed E-state index contributed by atoms with van der Waals surface area (Å²) in [5.74, 6) is 1.86. The van der Waals surface area contributed by atoms with Gasteiger partial charge in [-0.3, -0.25) is 9.78 Å². The van der Waals surface area contributed by atoms with E-state index < -0.39 is 12.2 Å². The number of aliphatic hydroxyl groups excluding tert-OH is 2. The van der Waals surface area contributed by atoms with Crippen LogP contribution in [0.15, 0.2) is 60.7 Å². The molecule has 1 aliphatic heterocycles.